The smallest absolute Gasteiger partial charge is 0.278 e. The molecule has 40 heteroatoms. The Hall–Kier alpha value is -12.1. The zero-order valence-corrected chi connectivity index (χ0v) is 82.6. The van der Waals surface area contributed by atoms with Crippen molar-refractivity contribution in [2.45, 2.75) is 195 Å². The van der Waals surface area contributed by atoms with Crippen LogP contribution in [0, 0.1) is 63.7 Å². The lowest BCUT2D eigenvalue weighted by atomic mass is 9.88. The van der Waals surface area contributed by atoms with Gasteiger partial charge in [-0.2, -0.15) is 0 Å². The molecule has 0 aromatic carbocycles. The molecule has 0 spiro atoms. The summed E-state index contributed by atoms with van der Waals surface area (Å²) < 4.78 is 93.8. The highest BCUT2D eigenvalue weighted by Crippen LogP contribution is 2.49. The maximum absolute atomic E-state index is 14.6. The second kappa shape index (κ2) is 35.7. The standard InChI is InChI=1S/C21H26FN5O2.C20H28FN5O.C19H23F2N5O2.C19H24FN5O2.C18H22FN5O2/c1-11-9-26-16(10-24(11)3)20(28)27(13-6-5-7-13)18-17(26)14-8-15(22)12(2)23-19(14)25(4)21(18)29;1-11(2)25-10-14-9-23(5)12(3)8-26(14)17-15-7-16(21)13(4)22-19(15)24(6)20(27)18(17)25;1-9-7-25-14(8-23(9)4)18(27)26(11(3)20)16-15(25)12-6-13(21)10(2)22-17(12)24(5)19(16)28;1-6-24-16-15(25-8-10(2)22(4)9-14(25)18(24)26)12-7-13(20)11(3)21-17(12)23(5)19(16)27;1-9-7-24-13(8-21(9)3)17(25)22(4)15-14(24)11-6-12(19)10(2)20-16(11)23(5)18(15)26/h8,11,13,16H,5-7,9-10H2,1-4H3;7,11-12,14H,8-10H2,1-6H3;6,9,11,14H,7-8H2,1-5H3;7,10,14H,6,8-9H2,1-5H3;6,9,13H,7-8H2,1-5H3. The number of amides is 4. The average Bonchev–Trinajstić information content (AvgIpc) is 0.731. The molecule has 0 radical (unpaired) electrons. The van der Waals surface area contributed by atoms with Crippen LogP contribution in [0.1, 0.15) is 110 Å². The Morgan fingerprint density at radius 1 is 0.328 bits per heavy atom. The van der Waals surface area contributed by atoms with Gasteiger partial charge in [-0.1, -0.05) is 0 Å². The summed E-state index contributed by atoms with van der Waals surface area (Å²) in [6, 6.07) is 7.01. The molecule has 0 N–H and O–H groups in total. The molecule has 5 saturated heterocycles. The van der Waals surface area contributed by atoms with Crippen LogP contribution in [0.4, 0.5) is 83.2 Å². The van der Waals surface area contributed by atoms with Gasteiger partial charge < -0.3 is 44.1 Å². The van der Waals surface area contributed by atoms with E-state index in [9.17, 15) is 69.5 Å². The molecular formula is C97H123F6N25O9. The summed E-state index contributed by atoms with van der Waals surface area (Å²) in [5.74, 6) is -2.75. The van der Waals surface area contributed by atoms with Gasteiger partial charge in [-0.05, 0) is 182 Å². The number of halogens is 6. The van der Waals surface area contributed by atoms with E-state index in [1.807, 2.05) is 66.5 Å². The van der Waals surface area contributed by atoms with E-state index in [4.69, 9.17) is 0 Å². The Labute approximate surface area is 789 Å². The number of pyridine rings is 10. The molecule has 21 rings (SSSR count). The van der Waals surface area contributed by atoms with Crippen molar-refractivity contribution in [1.29, 1.82) is 0 Å². The van der Waals surface area contributed by atoms with E-state index in [0.29, 0.717) is 166 Å². The predicted octanol–water partition coefficient (Wildman–Crippen LogP) is 7.58. The van der Waals surface area contributed by atoms with Crippen LogP contribution in [0.2, 0.25) is 0 Å². The SMILES string of the molecule is CCN1C(=O)C2CN(C)C(C)CN2c2c1c(=O)n(C)c1nc(C)c(F)cc21.Cc1nc2c(cc1F)c1c(c(=O)n2C)N(C(C)C)CC2CN(C)C(C)CN12.Cc1nc2c(cc1F)c1c(c(=O)n2C)N(C(C)F)C(=O)C2CN(C)C(C)CN12.Cc1nc2c(cc1F)c1c(c(=O)n2C)N(C)C(=O)C2CN(C)C(C)CN12.Cc1nc2c(cc1F)c1c(c(=O)n2C)N(C2CCC2)C(=O)C2CN(C)C(C)CN12. The minimum atomic E-state index is -1.69. The number of alkyl halides is 1. The van der Waals surface area contributed by atoms with Crippen molar-refractivity contribution in [3.8, 4) is 0 Å². The third kappa shape index (κ3) is 15.6. The van der Waals surface area contributed by atoms with Gasteiger partial charge in [0.25, 0.3) is 51.4 Å². The van der Waals surface area contributed by atoms with Gasteiger partial charge in [0.1, 0.15) is 110 Å². The van der Waals surface area contributed by atoms with Crippen molar-refractivity contribution >= 4 is 136 Å². The summed E-state index contributed by atoms with van der Waals surface area (Å²) >= 11 is 0. The van der Waals surface area contributed by atoms with Crippen LogP contribution < -0.4 is 76.8 Å². The van der Waals surface area contributed by atoms with Crippen LogP contribution in [-0.4, -0.2) is 296 Å². The first-order valence-electron chi connectivity index (χ1n) is 47.1. The highest BCUT2D eigenvalue weighted by molar-refractivity contribution is 6.15. The lowest BCUT2D eigenvalue weighted by Gasteiger charge is -2.52. The third-order valence-electron chi connectivity index (χ3n) is 30.7. The number of hydrogen-bond acceptors (Lipinski definition) is 25. The molecule has 1 aliphatic carbocycles. The van der Waals surface area contributed by atoms with Crippen molar-refractivity contribution in [1.82, 2.24) is 72.3 Å². The zero-order valence-electron chi connectivity index (χ0n) is 82.6. The number of anilines is 10. The van der Waals surface area contributed by atoms with E-state index in [0.717, 1.165) is 54.9 Å². The van der Waals surface area contributed by atoms with Crippen molar-refractivity contribution in [2.24, 2.45) is 35.2 Å². The van der Waals surface area contributed by atoms with E-state index in [1.165, 1.54) is 68.3 Å². The molecule has 11 aliphatic rings. The maximum Gasteiger partial charge on any atom is 0.278 e. The molecule has 6 fully saturated rings. The molecule has 10 aliphatic heterocycles. The van der Waals surface area contributed by atoms with Crippen LogP contribution in [0.5, 0.6) is 0 Å². The lowest BCUT2D eigenvalue weighted by molar-refractivity contribution is -0.123. The van der Waals surface area contributed by atoms with Crippen LogP contribution in [0.3, 0.4) is 0 Å². The van der Waals surface area contributed by atoms with Crippen molar-refractivity contribution < 1.29 is 45.5 Å². The summed E-state index contributed by atoms with van der Waals surface area (Å²) in [5.41, 5.74) is 6.84. The lowest BCUT2D eigenvalue weighted by Crippen LogP contribution is -2.67. The largest absolute Gasteiger partial charge is 0.361 e. The van der Waals surface area contributed by atoms with Gasteiger partial charge in [-0.3, -0.25) is 95.4 Å². The zero-order chi connectivity index (χ0) is 99.2. The molecule has 0 bridgehead atoms. The van der Waals surface area contributed by atoms with E-state index in [2.05, 4.69) is 103 Å². The maximum atomic E-state index is 14.6. The van der Waals surface area contributed by atoms with Crippen LogP contribution in [-0.2, 0) is 54.4 Å². The van der Waals surface area contributed by atoms with Gasteiger partial charge in [0.05, 0.1) is 62.9 Å². The number of carbonyl (C=O) groups excluding carboxylic acids is 4. The first kappa shape index (κ1) is 96.5. The molecule has 10 aromatic heterocycles. The second-order valence-electron chi connectivity index (χ2n) is 39.7. The summed E-state index contributed by atoms with van der Waals surface area (Å²) in [7, 11) is 19.8. The van der Waals surface area contributed by atoms with Crippen molar-refractivity contribution in [3.05, 3.63) is 140 Å². The number of nitrogens with zero attached hydrogens (tertiary/aromatic N) is 25. The van der Waals surface area contributed by atoms with Gasteiger partial charge in [-0.25, -0.2) is 51.3 Å². The van der Waals surface area contributed by atoms with Crippen LogP contribution in [0.15, 0.2) is 54.3 Å². The van der Waals surface area contributed by atoms with Gasteiger partial charge in [0, 0.05) is 190 Å². The van der Waals surface area contributed by atoms with E-state index >= 15 is 0 Å². The van der Waals surface area contributed by atoms with E-state index in [-0.39, 0.29) is 123 Å². The quantitative estimate of drug-likeness (QED) is 0.121. The summed E-state index contributed by atoms with van der Waals surface area (Å²) in [6.07, 6.45) is 1.15. The Morgan fingerprint density at radius 3 is 0.956 bits per heavy atom. The number of carbonyl (C=O) groups is 4. The summed E-state index contributed by atoms with van der Waals surface area (Å²) in [4.78, 5) is 169. The molecule has 20 heterocycles. The topological polar surface area (TPSA) is 291 Å². The molecular weight excluding hydrogens is 1770 g/mol. The molecule has 11 unspecified atom stereocenters. The molecule has 4 amide bonds. The number of rotatable bonds is 4. The number of aryl methyl sites for hydroxylation is 10. The number of fused-ring (bicyclic) bond motifs is 25. The monoisotopic (exact) mass is 1900 g/mol. The highest BCUT2D eigenvalue weighted by atomic mass is 19.2. The predicted molar refractivity (Wildman–Crippen MR) is 522 cm³/mol. The number of likely N-dealkylation sites (N-methyl/N-ethyl adjacent to an activating group) is 7. The average molecular weight is 1900 g/mol. The van der Waals surface area contributed by atoms with Gasteiger partial charge in [0.2, 0.25) is 0 Å². The molecule has 137 heavy (non-hydrogen) atoms. The first-order valence-corrected chi connectivity index (χ1v) is 47.1. The molecule has 11 atom stereocenters. The Bertz CT molecular complexity index is 7040. The van der Waals surface area contributed by atoms with Crippen molar-refractivity contribution in [2.75, 3.05) is 170 Å². The number of hydrogen-bond donors (Lipinski definition) is 0. The van der Waals surface area contributed by atoms with E-state index < -0.39 is 59.2 Å². The molecule has 1 saturated carbocycles. The van der Waals surface area contributed by atoms with E-state index in [1.54, 1.807) is 83.4 Å². The Kier molecular flexibility index (Phi) is 25.2. The Morgan fingerprint density at radius 2 is 0.613 bits per heavy atom. The van der Waals surface area contributed by atoms with Crippen molar-refractivity contribution in [3.63, 3.8) is 0 Å². The van der Waals surface area contributed by atoms with Gasteiger partial charge in [0.15, 0.2) is 6.30 Å². The Balaban J connectivity index is 0.000000119. The second-order valence-corrected chi connectivity index (χ2v) is 39.7. The molecule has 34 nitrogen and oxygen atoms in total. The first-order chi connectivity index (χ1) is 64.6. The molecule has 732 valence electrons. The fourth-order valence-corrected chi connectivity index (χ4v) is 21.6. The van der Waals surface area contributed by atoms with Gasteiger partial charge >= 0.3 is 0 Å². The normalized spacial score (nSPS) is 23.7. The summed E-state index contributed by atoms with van der Waals surface area (Å²) in [6.45, 7) is 32.9. The van der Waals surface area contributed by atoms with Crippen LogP contribution >= 0.6 is 0 Å². The minimum Gasteiger partial charge on any atom is -0.361 e. The summed E-state index contributed by atoms with van der Waals surface area (Å²) in [5, 5.41) is 2.86. The minimum absolute atomic E-state index is 0.0158. The fourth-order valence-electron chi connectivity index (χ4n) is 21.6. The van der Waals surface area contributed by atoms with Crippen LogP contribution in [0.25, 0.3) is 55.2 Å². The van der Waals surface area contributed by atoms with Gasteiger partial charge in [-0.15, -0.1) is 0 Å². The number of aromatic nitrogens is 10. The third-order valence-corrected chi connectivity index (χ3v) is 30.7. The number of piperazine rings is 5. The highest BCUT2D eigenvalue weighted by Gasteiger charge is 2.53. The fraction of sp³-hybridized carbons (Fsp3) is 0.546. The molecule has 10 aromatic rings.